The van der Waals surface area contributed by atoms with Crippen molar-refractivity contribution in [2.45, 2.75) is 26.4 Å². The number of amides is 3. The number of likely N-dealkylation sites (tertiary alicyclic amines) is 1. The molecule has 0 radical (unpaired) electrons. The van der Waals surface area contributed by atoms with Gasteiger partial charge in [-0.1, -0.05) is 29.8 Å². The third-order valence-corrected chi connectivity index (χ3v) is 7.92. The molecule has 0 saturated carbocycles. The highest BCUT2D eigenvalue weighted by atomic mass is 127. The number of nitrogens with zero attached hydrogens (tertiary/aromatic N) is 2. The lowest BCUT2D eigenvalue weighted by Crippen LogP contribution is -2.40. The van der Waals surface area contributed by atoms with Crippen molar-refractivity contribution in [2.24, 2.45) is 0 Å². The molecule has 0 spiro atoms. The van der Waals surface area contributed by atoms with Crippen LogP contribution in [0.2, 0.25) is 0 Å². The Kier molecular flexibility index (Phi) is 8.00. The number of ether oxygens (including phenoxy) is 1. The Balaban J connectivity index is 1.46. The van der Waals surface area contributed by atoms with Crippen LogP contribution in [0, 0.1) is 14.1 Å². The zero-order valence-corrected chi connectivity index (χ0v) is 23.1. The molecule has 3 amide bonds. The molecule has 2 aromatic rings. The smallest absolute Gasteiger partial charge is 0.294 e. The van der Waals surface area contributed by atoms with Crippen LogP contribution in [-0.2, 0) is 16.2 Å². The predicted octanol–water partition coefficient (Wildman–Crippen LogP) is 5.44. The summed E-state index contributed by atoms with van der Waals surface area (Å²) in [6.45, 7) is 3.72. The summed E-state index contributed by atoms with van der Waals surface area (Å²) in [5.74, 6) is 0.205. The number of carbonyl (C=O) groups excluding carboxylic acids is 3. The number of rotatable bonds is 6. The van der Waals surface area contributed by atoms with Crippen molar-refractivity contribution in [1.82, 2.24) is 9.80 Å². The summed E-state index contributed by atoms with van der Waals surface area (Å²) in [5, 5.41) is -0.402. The highest BCUT2D eigenvalue weighted by molar-refractivity contribution is 14.1. The van der Waals surface area contributed by atoms with E-state index in [2.05, 4.69) is 64.2 Å². The van der Waals surface area contributed by atoms with Crippen LogP contribution in [0.5, 0.6) is 5.75 Å². The normalized spacial score (nSPS) is 17.4. The molecule has 0 aromatic heterocycles. The number of imide groups is 1. The summed E-state index contributed by atoms with van der Waals surface area (Å²) >= 11 is 5.32. The first-order valence-electron chi connectivity index (χ1n) is 10.5. The highest BCUT2D eigenvalue weighted by Crippen LogP contribution is 2.35. The van der Waals surface area contributed by atoms with E-state index in [1.165, 1.54) is 5.56 Å². The summed E-state index contributed by atoms with van der Waals surface area (Å²) in [5.41, 5.74) is 3.10. The molecule has 4 rings (SSSR count). The molecule has 2 saturated heterocycles. The minimum Gasteiger partial charge on any atom is -0.487 e. The molecule has 9 heteroatoms. The lowest BCUT2D eigenvalue weighted by Gasteiger charge is -2.18. The molecular formula is C24H22I2N2O4S. The maximum Gasteiger partial charge on any atom is 0.294 e. The lowest BCUT2D eigenvalue weighted by atomic mass is 10.1. The Morgan fingerprint density at radius 3 is 2.48 bits per heavy atom. The van der Waals surface area contributed by atoms with Crippen LogP contribution >= 0.6 is 56.9 Å². The van der Waals surface area contributed by atoms with Crippen LogP contribution < -0.4 is 4.74 Å². The molecule has 33 heavy (non-hydrogen) atoms. The topological polar surface area (TPSA) is 66.9 Å². The summed E-state index contributed by atoms with van der Waals surface area (Å²) in [4.78, 5) is 40.7. The molecule has 6 nitrogen and oxygen atoms in total. The molecule has 2 heterocycles. The minimum absolute atomic E-state index is 0.171. The van der Waals surface area contributed by atoms with Gasteiger partial charge in [0.05, 0.1) is 12.0 Å². The molecule has 0 atom stereocenters. The standard InChI is InChI=1S/C24H22I2N2O4S/c1-15-5-4-6-16(9-15)14-32-22-18(25)10-17(11-19(22)26)12-20-23(30)28(24(31)33-20)13-21(29)27-7-2-3-8-27/h4-6,9-12H,2-3,7-8,13-14H2,1H3/b20-12+. The molecule has 2 aromatic carbocycles. The van der Waals surface area contributed by atoms with Gasteiger partial charge in [-0.3, -0.25) is 19.3 Å². The Morgan fingerprint density at radius 2 is 1.82 bits per heavy atom. The fourth-order valence-electron chi connectivity index (χ4n) is 3.75. The largest absolute Gasteiger partial charge is 0.487 e. The van der Waals surface area contributed by atoms with Gasteiger partial charge in [0, 0.05) is 13.1 Å². The van der Waals surface area contributed by atoms with E-state index >= 15 is 0 Å². The Labute approximate surface area is 224 Å². The third-order valence-electron chi connectivity index (χ3n) is 5.41. The van der Waals surface area contributed by atoms with Crippen molar-refractivity contribution >= 4 is 80.1 Å². The van der Waals surface area contributed by atoms with Crippen molar-refractivity contribution in [1.29, 1.82) is 0 Å². The van der Waals surface area contributed by atoms with E-state index in [9.17, 15) is 14.4 Å². The van der Waals surface area contributed by atoms with E-state index in [0.29, 0.717) is 24.6 Å². The van der Waals surface area contributed by atoms with Gasteiger partial charge in [-0.25, -0.2) is 0 Å². The zero-order valence-electron chi connectivity index (χ0n) is 18.0. The second-order valence-corrected chi connectivity index (χ2v) is 11.3. The monoisotopic (exact) mass is 688 g/mol. The van der Waals surface area contributed by atoms with Gasteiger partial charge in [-0.05, 0) is 106 Å². The number of hydrogen-bond acceptors (Lipinski definition) is 5. The number of halogens is 2. The molecule has 0 N–H and O–H groups in total. The molecule has 2 fully saturated rings. The Morgan fingerprint density at radius 1 is 1.12 bits per heavy atom. The van der Waals surface area contributed by atoms with Gasteiger partial charge in [0.25, 0.3) is 11.1 Å². The maximum atomic E-state index is 12.8. The molecule has 0 aliphatic carbocycles. The Hall–Kier alpha value is -1.60. The summed E-state index contributed by atoms with van der Waals surface area (Å²) in [7, 11) is 0. The summed E-state index contributed by atoms with van der Waals surface area (Å²) in [6.07, 6.45) is 3.64. The lowest BCUT2D eigenvalue weighted by molar-refractivity contribution is -0.135. The van der Waals surface area contributed by atoms with Crippen molar-refractivity contribution in [3.05, 3.63) is 65.1 Å². The van der Waals surface area contributed by atoms with Gasteiger partial charge in [0.2, 0.25) is 5.91 Å². The molecule has 2 aliphatic heterocycles. The minimum atomic E-state index is -0.415. The van der Waals surface area contributed by atoms with Crippen LogP contribution in [-0.4, -0.2) is 46.5 Å². The SMILES string of the molecule is Cc1cccc(COc2c(I)cc(/C=C3/SC(=O)N(CC(=O)N4CCCC4)C3=O)cc2I)c1. The second kappa shape index (κ2) is 10.8. The van der Waals surface area contributed by atoms with Crippen LogP contribution in [0.4, 0.5) is 4.79 Å². The first-order chi connectivity index (χ1) is 15.8. The van der Waals surface area contributed by atoms with Crippen molar-refractivity contribution < 1.29 is 19.1 Å². The highest BCUT2D eigenvalue weighted by Gasteiger charge is 2.37. The molecule has 2 aliphatic rings. The van der Waals surface area contributed by atoms with Crippen molar-refractivity contribution in [3.63, 3.8) is 0 Å². The summed E-state index contributed by atoms with van der Waals surface area (Å²) in [6, 6.07) is 12.0. The Bertz CT molecular complexity index is 1120. The number of benzene rings is 2. The van der Waals surface area contributed by atoms with Crippen LogP contribution in [0.1, 0.15) is 29.5 Å². The average molecular weight is 688 g/mol. The van der Waals surface area contributed by atoms with Gasteiger partial charge in [-0.15, -0.1) is 0 Å². The number of hydrogen-bond donors (Lipinski definition) is 0. The maximum absolute atomic E-state index is 12.8. The number of aryl methyl sites for hydroxylation is 1. The predicted molar refractivity (Wildman–Crippen MR) is 146 cm³/mol. The van der Waals surface area contributed by atoms with Crippen LogP contribution in [0.3, 0.4) is 0 Å². The van der Waals surface area contributed by atoms with Gasteiger partial charge in [-0.2, -0.15) is 0 Å². The van der Waals surface area contributed by atoms with Gasteiger partial charge >= 0.3 is 0 Å². The van der Waals surface area contributed by atoms with E-state index in [0.717, 1.165) is 53.5 Å². The van der Waals surface area contributed by atoms with Gasteiger partial charge in [0.15, 0.2) is 0 Å². The fraction of sp³-hybridized carbons (Fsp3) is 0.292. The zero-order chi connectivity index (χ0) is 23.5. The van der Waals surface area contributed by atoms with Crippen LogP contribution in [0.25, 0.3) is 6.08 Å². The van der Waals surface area contributed by atoms with Crippen molar-refractivity contribution in [2.75, 3.05) is 19.6 Å². The first kappa shape index (κ1) is 24.5. The molecule has 172 valence electrons. The van der Waals surface area contributed by atoms with Gasteiger partial charge in [0.1, 0.15) is 18.9 Å². The first-order valence-corrected chi connectivity index (χ1v) is 13.5. The van der Waals surface area contributed by atoms with E-state index in [1.807, 2.05) is 24.3 Å². The molecule has 0 bridgehead atoms. The van der Waals surface area contributed by atoms with Crippen molar-refractivity contribution in [3.8, 4) is 5.75 Å². The molecule has 0 unspecified atom stereocenters. The number of thioether (sulfide) groups is 1. The molecular weight excluding hydrogens is 666 g/mol. The van der Waals surface area contributed by atoms with Gasteiger partial charge < -0.3 is 9.64 Å². The third kappa shape index (κ3) is 5.91. The summed E-state index contributed by atoms with van der Waals surface area (Å²) < 4.78 is 7.91. The van der Waals surface area contributed by atoms with Crippen LogP contribution in [0.15, 0.2) is 41.3 Å². The van der Waals surface area contributed by atoms with E-state index < -0.39 is 11.1 Å². The fourth-order valence-corrected chi connectivity index (χ4v) is 6.71. The average Bonchev–Trinajstić information content (AvgIpc) is 3.38. The van der Waals surface area contributed by atoms with E-state index in [4.69, 9.17) is 4.74 Å². The van der Waals surface area contributed by atoms with E-state index in [-0.39, 0.29) is 12.5 Å². The quantitative estimate of drug-likeness (QED) is 0.299. The van der Waals surface area contributed by atoms with E-state index in [1.54, 1.807) is 11.0 Å². The second-order valence-electron chi connectivity index (χ2n) is 7.95. The number of carbonyl (C=O) groups is 3.